The molecular formula is C28H29N5O7. The van der Waals surface area contributed by atoms with E-state index < -0.39 is 10.9 Å². The zero-order valence-corrected chi connectivity index (χ0v) is 22.8. The summed E-state index contributed by atoms with van der Waals surface area (Å²) in [5.41, 5.74) is 3.16. The lowest BCUT2D eigenvalue weighted by Gasteiger charge is -2.00. The standard InChI is InChI=1S/C28H29N5O7/c1-29-13-17(6-22(29)26(35)11-19-8-24(28(37)40-5)31(3)15-19)9-25(34)21-7-18(14-30(21)2)10-27(36)23-12-20(33(38)39)16-32(23)4/h6-8,12-16H,9-11H2,1-5H3. The van der Waals surface area contributed by atoms with E-state index in [1.54, 1.807) is 78.7 Å². The van der Waals surface area contributed by atoms with Gasteiger partial charge in [0.2, 0.25) is 0 Å². The maximum Gasteiger partial charge on any atom is 0.354 e. The van der Waals surface area contributed by atoms with Crippen LogP contribution in [-0.2, 0) is 52.2 Å². The van der Waals surface area contributed by atoms with E-state index in [2.05, 4.69) is 0 Å². The molecule has 0 aromatic carbocycles. The SMILES string of the molecule is COC(=O)c1cc(CC(=O)c2cc(CC(=O)c3cc(CC(=O)c4cc([N+](=O)[O-])cn4C)cn3C)cn2C)cn1C. The average molecular weight is 548 g/mol. The van der Waals surface area contributed by atoms with Crippen molar-refractivity contribution in [3.63, 3.8) is 0 Å². The third-order valence-electron chi connectivity index (χ3n) is 6.73. The number of nitro groups is 1. The first-order chi connectivity index (χ1) is 18.9. The summed E-state index contributed by atoms with van der Waals surface area (Å²) in [5, 5.41) is 11.0. The molecular weight excluding hydrogens is 518 g/mol. The normalized spacial score (nSPS) is 11.0. The number of esters is 1. The Morgan fingerprint density at radius 1 is 0.650 bits per heavy atom. The molecule has 0 amide bonds. The van der Waals surface area contributed by atoms with Crippen molar-refractivity contribution in [2.24, 2.45) is 28.2 Å². The van der Waals surface area contributed by atoms with Gasteiger partial charge in [-0.05, 0) is 34.9 Å². The van der Waals surface area contributed by atoms with Gasteiger partial charge in [-0.15, -0.1) is 0 Å². The maximum absolute atomic E-state index is 13.1. The Kier molecular flexibility index (Phi) is 7.71. The van der Waals surface area contributed by atoms with Crippen LogP contribution in [0.1, 0.15) is 58.6 Å². The highest BCUT2D eigenvalue weighted by atomic mass is 16.6. The van der Waals surface area contributed by atoms with Crippen molar-refractivity contribution in [2.45, 2.75) is 19.3 Å². The first-order valence-corrected chi connectivity index (χ1v) is 12.3. The molecule has 12 heteroatoms. The van der Waals surface area contributed by atoms with E-state index in [0.717, 1.165) is 0 Å². The molecule has 40 heavy (non-hydrogen) atoms. The van der Waals surface area contributed by atoms with Gasteiger partial charge in [-0.1, -0.05) is 0 Å². The number of Topliss-reactive ketones (excluding diaryl/α,β-unsaturated/α-hetero) is 3. The van der Waals surface area contributed by atoms with Crippen LogP contribution in [0.25, 0.3) is 0 Å². The minimum atomic E-state index is -0.554. The Labute approximate surface area is 229 Å². The number of hydrogen-bond donors (Lipinski definition) is 0. The van der Waals surface area contributed by atoms with Crippen LogP contribution >= 0.6 is 0 Å². The van der Waals surface area contributed by atoms with Crippen molar-refractivity contribution in [1.82, 2.24) is 18.3 Å². The van der Waals surface area contributed by atoms with Gasteiger partial charge in [0.15, 0.2) is 17.3 Å². The molecule has 0 saturated heterocycles. The topological polar surface area (TPSA) is 140 Å². The van der Waals surface area contributed by atoms with E-state index in [-0.39, 0.29) is 48.0 Å². The van der Waals surface area contributed by atoms with E-state index in [0.29, 0.717) is 33.8 Å². The van der Waals surface area contributed by atoms with Crippen molar-refractivity contribution in [2.75, 3.05) is 7.11 Å². The van der Waals surface area contributed by atoms with Crippen molar-refractivity contribution < 1.29 is 28.8 Å². The Balaban J connectivity index is 1.44. The molecule has 4 aromatic rings. The largest absolute Gasteiger partial charge is 0.464 e. The smallest absolute Gasteiger partial charge is 0.354 e. The summed E-state index contributed by atoms with van der Waals surface area (Å²) in [7, 11) is 8.00. The van der Waals surface area contributed by atoms with Gasteiger partial charge in [0.05, 0.1) is 35.3 Å². The molecule has 0 N–H and O–H groups in total. The van der Waals surface area contributed by atoms with Crippen molar-refractivity contribution in [1.29, 1.82) is 0 Å². The molecule has 0 saturated carbocycles. The summed E-state index contributed by atoms with van der Waals surface area (Å²) < 4.78 is 11.1. The molecule has 0 aliphatic rings. The maximum atomic E-state index is 13.1. The van der Waals surface area contributed by atoms with Crippen LogP contribution in [0, 0.1) is 10.1 Å². The number of carbonyl (C=O) groups is 4. The Bertz CT molecular complexity index is 1660. The molecule has 4 rings (SSSR count). The first kappa shape index (κ1) is 28.0. The Morgan fingerprint density at radius 3 is 1.38 bits per heavy atom. The molecule has 0 aliphatic carbocycles. The van der Waals surface area contributed by atoms with E-state index in [1.165, 1.54) is 23.9 Å². The highest BCUT2D eigenvalue weighted by Crippen LogP contribution is 2.20. The van der Waals surface area contributed by atoms with Gasteiger partial charge in [0, 0.05) is 72.1 Å². The van der Waals surface area contributed by atoms with Gasteiger partial charge in [-0.3, -0.25) is 24.5 Å². The van der Waals surface area contributed by atoms with E-state index in [9.17, 15) is 29.3 Å². The van der Waals surface area contributed by atoms with E-state index in [4.69, 9.17) is 4.74 Å². The Hall–Kier alpha value is -5.00. The molecule has 0 fully saturated rings. The Morgan fingerprint density at radius 2 is 1.00 bits per heavy atom. The average Bonchev–Trinajstić information content (AvgIpc) is 3.64. The summed E-state index contributed by atoms with van der Waals surface area (Å²) in [5.74, 6) is -1.14. The monoisotopic (exact) mass is 547 g/mol. The molecule has 4 heterocycles. The fourth-order valence-corrected chi connectivity index (χ4v) is 4.80. The first-order valence-electron chi connectivity index (χ1n) is 12.3. The van der Waals surface area contributed by atoms with Crippen LogP contribution in [0.4, 0.5) is 5.69 Å². The lowest BCUT2D eigenvalue weighted by Crippen LogP contribution is -2.08. The van der Waals surface area contributed by atoms with Crippen LogP contribution in [0.15, 0.2) is 49.1 Å². The van der Waals surface area contributed by atoms with Gasteiger partial charge < -0.3 is 23.0 Å². The third kappa shape index (κ3) is 5.70. The quantitative estimate of drug-likeness (QED) is 0.122. The van der Waals surface area contributed by atoms with Crippen LogP contribution in [0.5, 0.6) is 0 Å². The number of ketones is 3. The highest BCUT2D eigenvalue weighted by molar-refractivity contribution is 6.00. The van der Waals surface area contributed by atoms with Gasteiger partial charge in [-0.2, -0.15) is 0 Å². The number of rotatable bonds is 11. The minimum absolute atomic E-state index is 0.0166. The molecule has 0 aliphatic heterocycles. The summed E-state index contributed by atoms with van der Waals surface area (Å²) in [6, 6.07) is 6.18. The summed E-state index contributed by atoms with van der Waals surface area (Å²) >= 11 is 0. The second-order valence-electron chi connectivity index (χ2n) is 9.78. The van der Waals surface area contributed by atoms with Crippen LogP contribution < -0.4 is 0 Å². The molecule has 12 nitrogen and oxygen atoms in total. The van der Waals surface area contributed by atoms with Gasteiger partial charge in [0.1, 0.15) is 5.69 Å². The fourth-order valence-electron chi connectivity index (χ4n) is 4.80. The van der Waals surface area contributed by atoms with Gasteiger partial charge in [-0.25, -0.2) is 4.79 Å². The lowest BCUT2D eigenvalue weighted by molar-refractivity contribution is -0.384. The molecule has 208 valence electrons. The van der Waals surface area contributed by atoms with Crippen LogP contribution in [0.2, 0.25) is 0 Å². The fraction of sp³-hybridized carbons (Fsp3) is 0.286. The second kappa shape index (κ2) is 11.0. The predicted molar refractivity (Wildman–Crippen MR) is 144 cm³/mol. The molecule has 0 radical (unpaired) electrons. The van der Waals surface area contributed by atoms with Crippen molar-refractivity contribution in [3.8, 4) is 0 Å². The minimum Gasteiger partial charge on any atom is -0.464 e. The van der Waals surface area contributed by atoms with E-state index >= 15 is 0 Å². The number of nitrogens with zero attached hydrogens (tertiary/aromatic N) is 5. The van der Waals surface area contributed by atoms with Gasteiger partial charge >= 0.3 is 5.97 Å². The molecule has 4 aromatic heterocycles. The molecule has 0 atom stereocenters. The van der Waals surface area contributed by atoms with E-state index in [1.807, 2.05) is 0 Å². The predicted octanol–water partition coefficient (Wildman–Crippen LogP) is 3.01. The number of ether oxygens (including phenoxy) is 1. The molecule has 0 bridgehead atoms. The zero-order valence-electron chi connectivity index (χ0n) is 22.8. The summed E-state index contributed by atoms with van der Waals surface area (Å²) in [4.78, 5) is 61.2. The number of aromatic nitrogens is 4. The molecule has 0 spiro atoms. The number of methoxy groups -OCH3 is 1. The summed E-state index contributed by atoms with van der Waals surface area (Å²) in [6.07, 6.45) is 6.51. The number of aryl methyl sites for hydroxylation is 4. The number of carbonyl (C=O) groups excluding carboxylic acids is 4. The van der Waals surface area contributed by atoms with Crippen LogP contribution in [-0.4, -0.2) is 53.6 Å². The van der Waals surface area contributed by atoms with Crippen molar-refractivity contribution >= 4 is 29.0 Å². The lowest BCUT2D eigenvalue weighted by atomic mass is 10.1. The van der Waals surface area contributed by atoms with Crippen molar-refractivity contribution in [3.05, 3.63) is 98.6 Å². The van der Waals surface area contributed by atoms with Crippen LogP contribution in [0.3, 0.4) is 0 Å². The highest BCUT2D eigenvalue weighted by Gasteiger charge is 2.21. The second-order valence-corrected chi connectivity index (χ2v) is 9.78. The molecule has 0 unspecified atom stereocenters. The summed E-state index contributed by atoms with van der Waals surface area (Å²) in [6.45, 7) is 0. The zero-order chi connectivity index (χ0) is 29.3. The third-order valence-corrected chi connectivity index (χ3v) is 6.73. The number of hydrogen-bond acceptors (Lipinski definition) is 7. The van der Waals surface area contributed by atoms with Gasteiger partial charge in [0.25, 0.3) is 5.69 Å².